The van der Waals surface area contributed by atoms with Gasteiger partial charge < -0.3 is 14.8 Å². The fraction of sp³-hybridized carbons (Fsp3) is 0.435. The fourth-order valence-electron chi connectivity index (χ4n) is 3.89. The van der Waals surface area contributed by atoms with E-state index in [4.69, 9.17) is 9.47 Å². The molecule has 0 saturated carbocycles. The van der Waals surface area contributed by atoms with Crippen molar-refractivity contribution in [1.82, 2.24) is 14.6 Å². The average molecular weight is 409 g/mol. The van der Waals surface area contributed by atoms with Crippen LogP contribution in [0.25, 0.3) is 5.65 Å². The minimum Gasteiger partial charge on any atom is -0.491 e. The minimum absolute atomic E-state index is 0.0400. The number of ether oxygens (including phenoxy) is 2. The molecule has 1 N–H and O–H groups in total. The molecule has 0 spiro atoms. The lowest BCUT2D eigenvalue weighted by Crippen LogP contribution is -2.16. The van der Waals surface area contributed by atoms with Gasteiger partial charge in [0.1, 0.15) is 12.4 Å². The molecule has 1 saturated heterocycles. The van der Waals surface area contributed by atoms with E-state index in [0.29, 0.717) is 19.4 Å². The highest BCUT2D eigenvalue weighted by Gasteiger charge is 2.16. The predicted molar refractivity (Wildman–Crippen MR) is 115 cm³/mol. The van der Waals surface area contributed by atoms with Crippen molar-refractivity contribution in [2.75, 3.05) is 18.5 Å². The molecule has 0 radical (unpaired) electrons. The van der Waals surface area contributed by atoms with Crippen LogP contribution in [0.2, 0.25) is 0 Å². The maximum absolute atomic E-state index is 12.5. The van der Waals surface area contributed by atoms with Crippen molar-refractivity contribution < 1.29 is 14.3 Å². The molecule has 1 aliphatic rings. The molecule has 30 heavy (non-hydrogen) atoms. The number of anilines is 1. The molecule has 1 aromatic carbocycles. The zero-order valence-corrected chi connectivity index (χ0v) is 17.8. The van der Waals surface area contributed by atoms with Crippen LogP contribution in [0.15, 0.2) is 30.3 Å². The molecule has 3 heterocycles. The molecule has 158 valence electrons. The summed E-state index contributed by atoms with van der Waals surface area (Å²) in [7, 11) is 0. The number of hydrogen-bond acceptors (Lipinski definition) is 5. The number of aromatic nitrogens is 3. The first-order valence-corrected chi connectivity index (χ1v) is 10.5. The smallest absolute Gasteiger partial charge is 0.224 e. The van der Waals surface area contributed by atoms with Crippen LogP contribution in [0.1, 0.15) is 41.9 Å². The number of rotatable bonds is 7. The van der Waals surface area contributed by atoms with E-state index in [1.807, 2.05) is 55.6 Å². The van der Waals surface area contributed by atoms with Gasteiger partial charge in [-0.3, -0.25) is 4.79 Å². The van der Waals surface area contributed by atoms with E-state index in [-0.39, 0.29) is 12.0 Å². The normalized spacial score (nSPS) is 16.2. The largest absolute Gasteiger partial charge is 0.491 e. The molecule has 1 aliphatic heterocycles. The quantitative estimate of drug-likeness (QED) is 0.644. The number of hydrogen-bond donors (Lipinski definition) is 1. The molecule has 0 unspecified atom stereocenters. The Hall–Kier alpha value is -2.93. The second-order valence-corrected chi connectivity index (χ2v) is 7.84. The molecule has 2 aromatic heterocycles. The standard InChI is InChI=1S/C23H28N4O3/c1-15-12-22-24-16(2)21(17(3)27(22)26-15)9-10-23(28)25-18-6-4-7-19(13-18)30-14-20-8-5-11-29-20/h4,6-7,12-13,20H,5,8-11,14H2,1-3H3,(H,25,28)/t20-/m0/s1. The molecular formula is C23H28N4O3. The molecule has 0 aliphatic carbocycles. The van der Waals surface area contributed by atoms with Crippen molar-refractivity contribution in [2.24, 2.45) is 0 Å². The zero-order valence-electron chi connectivity index (χ0n) is 17.8. The summed E-state index contributed by atoms with van der Waals surface area (Å²) in [4.78, 5) is 17.2. The number of fused-ring (bicyclic) bond motifs is 1. The first-order valence-electron chi connectivity index (χ1n) is 10.5. The topological polar surface area (TPSA) is 77.8 Å². The molecule has 7 heteroatoms. The molecule has 1 fully saturated rings. The number of amides is 1. The van der Waals surface area contributed by atoms with E-state index in [1.165, 1.54) is 0 Å². The highest BCUT2D eigenvalue weighted by Crippen LogP contribution is 2.21. The van der Waals surface area contributed by atoms with Crippen LogP contribution in [0.3, 0.4) is 0 Å². The highest BCUT2D eigenvalue weighted by atomic mass is 16.5. The Morgan fingerprint density at radius 1 is 1.30 bits per heavy atom. The number of carbonyl (C=O) groups is 1. The van der Waals surface area contributed by atoms with Gasteiger partial charge in [-0.1, -0.05) is 6.07 Å². The Morgan fingerprint density at radius 3 is 2.97 bits per heavy atom. The van der Waals surface area contributed by atoms with Crippen LogP contribution < -0.4 is 10.1 Å². The van der Waals surface area contributed by atoms with Gasteiger partial charge >= 0.3 is 0 Å². The van der Waals surface area contributed by atoms with E-state index < -0.39 is 0 Å². The maximum atomic E-state index is 12.5. The average Bonchev–Trinajstić information content (AvgIpc) is 3.36. The summed E-state index contributed by atoms with van der Waals surface area (Å²) in [6.07, 6.45) is 3.27. The van der Waals surface area contributed by atoms with Crippen molar-refractivity contribution in [1.29, 1.82) is 0 Å². The van der Waals surface area contributed by atoms with E-state index in [9.17, 15) is 4.79 Å². The number of nitrogens with zero attached hydrogens (tertiary/aromatic N) is 3. The van der Waals surface area contributed by atoms with Gasteiger partial charge in [-0.25, -0.2) is 9.50 Å². The minimum atomic E-state index is -0.0400. The lowest BCUT2D eigenvalue weighted by molar-refractivity contribution is -0.116. The summed E-state index contributed by atoms with van der Waals surface area (Å²) in [6, 6.07) is 9.46. The van der Waals surface area contributed by atoms with Gasteiger partial charge in [-0.2, -0.15) is 5.10 Å². The van der Waals surface area contributed by atoms with E-state index in [0.717, 1.165) is 59.2 Å². The van der Waals surface area contributed by atoms with Crippen LogP contribution in [0.4, 0.5) is 5.69 Å². The van der Waals surface area contributed by atoms with Gasteiger partial charge in [-0.15, -0.1) is 0 Å². The first-order chi connectivity index (χ1) is 14.5. The predicted octanol–water partition coefficient (Wildman–Crippen LogP) is 3.78. The van der Waals surface area contributed by atoms with E-state index in [1.54, 1.807) is 0 Å². The molecule has 1 amide bonds. The molecule has 1 atom stereocenters. The van der Waals surface area contributed by atoms with Crippen LogP contribution in [0.5, 0.6) is 5.75 Å². The van der Waals surface area contributed by atoms with Gasteiger partial charge in [0.15, 0.2) is 5.65 Å². The molecule has 4 rings (SSSR count). The van der Waals surface area contributed by atoms with Gasteiger partial charge in [-0.05, 0) is 57.7 Å². The SMILES string of the molecule is Cc1cc2nc(C)c(CCC(=O)Nc3cccc(OC[C@@H]4CCCO4)c3)c(C)n2n1. The Labute approximate surface area is 176 Å². The lowest BCUT2D eigenvalue weighted by atomic mass is 10.1. The summed E-state index contributed by atoms with van der Waals surface area (Å²) in [6.45, 7) is 7.31. The van der Waals surface area contributed by atoms with Crippen molar-refractivity contribution in [3.05, 3.63) is 53.0 Å². The van der Waals surface area contributed by atoms with Crippen LogP contribution in [0, 0.1) is 20.8 Å². The number of nitrogens with one attached hydrogen (secondary N) is 1. The monoisotopic (exact) mass is 408 g/mol. The van der Waals surface area contributed by atoms with Crippen LogP contribution in [-0.2, 0) is 16.0 Å². The second-order valence-electron chi connectivity index (χ2n) is 7.84. The van der Waals surface area contributed by atoms with Crippen molar-refractivity contribution in [2.45, 2.75) is 52.6 Å². The highest BCUT2D eigenvalue weighted by molar-refractivity contribution is 5.91. The first kappa shape index (κ1) is 20.3. The summed E-state index contributed by atoms with van der Waals surface area (Å²) in [5, 5.41) is 7.46. The van der Waals surface area contributed by atoms with Crippen molar-refractivity contribution in [3.8, 4) is 5.75 Å². The van der Waals surface area contributed by atoms with Crippen LogP contribution >= 0.6 is 0 Å². The third kappa shape index (κ3) is 4.62. The Morgan fingerprint density at radius 2 is 2.17 bits per heavy atom. The number of carbonyl (C=O) groups excluding carboxylic acids is 1. The zero-order chi connectivity index (χ0) is 21.1. The third-order valence-electron chi connectivity index (χ3n) is 5.47. The van der Waals surface area contributed by atoms with Crippen LogP contribution in [-0.4, -0.2) is 39.8 Å². The lowest BCUT2D eigenvalue weighted by Gasteiger charge is -2.13. The maximum Gasteiger partial charge on any atom is 0.224 e. The van der Waals surface area contributed by atoms with Crippen molar-refractivity contribution >= 4 is 17.2 Å². The third-order valence-corrected chi connectivity index (χ3v) is 5.47. The summed E-state index contributed by atoms with van der Waals surface area (Å²) in [5.41, 5.74) is 5.54. The van der Waals surface area contributed by atoms with Gasteiger partial charge in [0.25, 0.3) is 0 Å². The molecule has 3 aromatic rings. The summed E-state index contributed by atoms with van der Waals surface area (Å²) in [5.74, 6) is 0.695. The Bertz CT molecular complexity index is 1050. The Kier molecular flexibility index (Phi) is 5.99. The van der Waals surface area contributed by atoms with E-state index in [2.05, 4.69) is 15.4 Å². The van der Waals surface area contributed by atoms with Crippen molar-refractivity contribution in [3.63, 3.8) is 0 Å². The second kappa shape index (κ2) is 8.83. The Balaban J connectivity index is 1.36. The van der Waals surface area contributed by atoms with E-state index >= 15 is 0 Å². The fourth-order valence-corrected chi connectivity index (χ4v) is 3.89. The van der Waals surface area contributed by atoms with Gasteiger partial charge in [0, 0.05) is 42.2 Å². The molecule has 7 nitrogen and oxygen atoms in total. The van der Waals surface area contributed by atoms with Gasteiger partial charge in [0.05, 0.1) is 11.8 Å². The summed E-state index contributed by atoms with van der Waals surface area (Å²) < 4.78 is 13.3. The summed E-state index contributed by atoms with van der Waals surface area (Å²) >= 11 is 0. The molecule has 0 bridgehead atoms. The molecular weight excluding hydrogens is 380 g/mol. The number of aryl methyl sites for hydroxylation is 3. The number of benzene rings is 1. The van der Waals surface area contributed by atoms with Gasteiger partial charge in [0.2, 0.25) is 5.91 Å².